The van der Waals surface area contributed by atoms with Crippen molar-refractivity contribution in [1.82, 2.24) is 9.80 Å². The van der Waals surface area contributed by atoms with Crippen molar-refractivity contribution in [3.63, 3.8) is 0 Å². The van der Waals surface area contributed by atoms with Gasteiger partial charge in [-0.1, -0.05) is 23.7 Å². The number of carbonyl (C=O) groups excluding carboxylic acids is 3. The zero-order valence-electron chi connectivity index (χ0n) is 13.9. The third-order valence-electron chi connectivity index (χ3n) is 4.24. The van der Waals surface area contributed by atoms with Crippen molar-refractivity contribution < 1.29 is 14.4 Å². The maximum absolute atomic E-state index is 12.9. The van der Waals surface area contributed by atoms with Crippen molar-refractivity contribution in [2.45, 2.75) is 26.4 Å². The van der Waals surface area contributed by atoms with E-state index in [0.717, 1.165) is 9.78 Å². The Morgan fingerprint density at radius 1 is 1.16 bits per heavy atom. The molecule has 2 heterocycles. The quantitative estimate of drug-likeness (QED) is 0.751. The van der Waals surface area contributed by atoms with Gasteiger partial charge in [-0.05, 0) is 38.1 Å². The van der Waals surface area contributed by atoms with Crippen LogP contribution in [0.1, 0.15) is 39.4 Å². The van der Waals surface area contributed by atoms with E-state index in [1.807, 2.05) is 13.0 Å². The monoisotopic (exact) mass is 376 g/mol. The summed E-state index contributed by atoms with van der Waals surface area (Å²) in [6.07, 6.45) is 0. The summed E-state index contributed by atoms with van der Waals surface area (Å²) in [7, 11) is 0. The van der Waals surface area contributed by atoms with E-state index < -0.39 is 17.9 Å². The molecule has 1 atom stereocenters. The highest BCUT2D eigenvalue weighted by molar-refractivity contribution is 7.16. The smallest absolute Gasteiger partial charge is 0.262 e. The van der Waals surface area contributed by atoms with Crippen molar-refractivity contribution in [2.75, 3.05) is 6.54 Å². The molecule has 130 valence electrons. The van der Waals surface area contributed by atoms with Gasteiger partial charge in [0.15, 0.2) is 0 Å². The molecule has 0 radical (unpaired) electrons. The number of halogens is 1. The molecule has 1 unspecified atom stereocenters. The fourth-order valence-corrected chi connectivity index (χ4v) is 4.01. The fourth-order valence-electron chi connectivity index (χ4n) is 2.90. The predicted molar refractivity (Wildman–Crippen MR) is 96.8 cm³/mol. The molecule has 3 rings (SSSR count). The van der Waals surface area contributed by atoms with Crippen LogP contribution >= 0.6 is 22.9 Å². The molecular formula is C18H17ClN2O3S. The Hall–Kier alpha value is -2.18. The first-order valence-corrected chi connectivity index (χ1v) is 9.13. The Morgan fingerprint density at radius 2 is 1.76 bits per heavy atom. The van der Waals surface area contributed by atoms with Gasteiger partial charge >= 0.3 is 0 Å². The lowest BCUT2D eigenvalue weighted by Gasteiger charge is -2.28. The van der Waals surface area contributed by atoms with Crippen LogP contribution in [0.4, 0.5) is 0 Å². The van der Waals surface area contributed by atoms with Crippen LogP contribution in [-0.4, -0.2) is 40.1 Å². The third kappa shape index (κ3) is 3.19. The largest absolute Gasteiger partial charge is 0.336 e. The van der Waals surface area contributed by atoms with Gasteiger partial charge in [0.1, 0.15) is 6.04 Å². The minimum Gasteiger partial charge on any atom is -0.336 e. The van der Waals surface area contributed by atoms with Crippen molar-refractivity contribution in [1.29, 1.82) is 0 Å². The number of imide groups is 1. The number of carbonyl (C=O) groups is 3. The molecule has 0 N–H and O–H groups in total. The number of likely N-dealkylation sites (N-methyl/N-ethyl adjacent to an activating group) is 1. The number of fused-ring (bicyclic) bond motifs is 1. The number of amides is 3. The second-order valence-corrected chi connectivity index (χ2v) is 7.56. The molecular weight excluding hydrogens is 360 g/mol. The molecule has 1 aliphatic heterocycles. The molecule has 0 bridgehead atoms. The SMILES string of the molecule is CCN(Cc1ccc(Cl)s1)C(=O)C(C)N1C(=O)c2ccccc2C1=O. The second-order valence-electron chi connectivity index (χ2n) is 5.76. The molecule has 0 saturated carbocycles. The van der Waals surface area contributed by atoms with Gasteiger partial charge in [0.2, 0.25) is 5.91 Å². The minimum atomic E-state index is -0.859. The first-order chi connectivity index (χ1) is 11.9. The average molecular weight is 377 g/mol. The van der Waals surface area contributed by atoms with E-state index in [1.54, 1.807) is 42.2 Å². The van der Waals surface area contributed by atoms with Gasteiger partial charge < -0.3 is 4.90 Å². The van der Waals surface area contributed by atoms with E-state index in [4.69, 9.17) is 11.6 Å². The normalized spacial score (nSPS) is 14.6. The molecule has 0 fully saturated rings. The van der Waals surface area contributed by atoms with Crippen molar-refractivity contribution in [3.05, 3.63) is 56.7 Å². The van der Waals surface area contributed by atoms with Crippen LogP contribution in [0.5, 0.6) is 0 Å². The van der Waals surface area contributed by atoms with Gasteiger partial charge in [-0.15, -0.1) is 11.3 Å². The lowest BCUT2D eigenvalue weighted by atomic mass is 10.1. The Labute approximate surface area is 154 Å². The molecule has 1 aliphatic rings. The van der Waals surface area contributed by atoms with E-state index in [-0.39, 0.29) is 5.91 Å². The Kier molecular flexibility index (Phi) is 4.92. The molecule has 0 saturated heterocycles. The number of rotatable bonds is 5. The van der Waals surface area contributed by atoms with E-state index in [0.29, 0.717) is 28.6 Å². The summed E-state index contributed by atoms with van der Waals surface area (Å²) in [6, 6.07) is 9.43. The lowest BCUT2D eigenvalue weighted by Crippen LogP contribution is -2.49. The summed E-state index contributed by atoms with van der Waals surface area (Å²) >= 11 is 7.35. The van der Waals surface area contributed by atoms with Crippen LogP contribution < -0.4 is 0 Å². The van der Waals surface area contributed by atoms with Gasteiger partial charge in [-0.3, -0.25) is 19.3 Å². The summed E-state index contributed by atoms with van der Waals surface area (Å²) < 4.78 is 0.659. The molecule has 0 spiro atoms. The number of benzene rings is 1. The third-order valence-corrected chi connectivity index (χ3v) is 5.46. The second kappa shape index (κ2) is 6.98. The summed E-state index contributed by atoms with van der Waals surface area (Å²) in [5.74, 6) is -1.10. The van der Waals surface area contributed by atoms with Gasteiger partial charge in [0, 0.05) is 11.4 Å². The predicted octanol–water partition coefficient (Wildman–Crippen LogP) is 3.43. The molecule has 3 amide bonds. The molecule has 2 aromatic rings. The molecule has 5 nitrogen and oxygen atoms in total. The standard InChI is InChI=1S/C18H17ClN2O3S/c1-3-20(10-12-8-9-15(19)25-12)16(22)11(2)21-17(23)13-6-4-5-7-14(13)18(21)24/h4-9,11H,3,10H2,1-2H3. The van der Waals surface area contributed by atoms with E-state index in [1.165, 1.54) is 11.3 Å². The Morgan fingerprint density at radius 3 is 2.24 bits per heavy atom. The van der Waals surface area contributed by atoms with Crippen LogP contribution in [0.25, 0.3) is 0 Å². The van der Waals surface area contributed by atoms with Gasteiger partial charge in [-0.2, -0.15) is 0 Å². The van der Waals surface area contributed by atoms with E-state index >= 15 is 0 Å². The maximum Gasteiger partial charge on any atom is 0.262 e. The maximum atomic E-state index is 12.9. The molecule has 7 heteroatoms. The van der Waals surface area contributed by atoms with Crippen LogP contribution in [0.2, 0.25) is 4.34 Å². The van der Waals surface area contributed by atoms with Crippen LogP contribution in [-0.2, 0) is 11.3 Å². The summed E-state index contributed by atoms with van der Waals surface area (Å²) in [5, 5.41) is 0. The van der Waals surface area contributed by atoms with Crippen molar-refractivity contribution in [2.24, 2.45) is 0 Å². The van der Waals surface area contributed by atoms with Gasteiger partial charge in [0.25, 0.3) is 11.8 Å². The Balaban J connectivity index is 1.80. The fraction of sp³-hybridized carbons (Fsp3) is 0.278. The summed E-state index contributed by atoms with van der Waals surface area (Å²) in [6.45, 7) is 4.33. The first kappa shape index (κ1) is 17.6. The number of thiophene rings is 1. The summed E-state index contributed by atoms with van der Waals surface area (Å²) in [4.78, 5) is 41.6. The molecule has 1 aromatic carbocycles. The zero-order valence-corrected chi connectivity index (χ0v) is 15.4. The van der Waals surface area contributed by atoms with Gasteiger partial charge in [-0.25, -0.2) is 0 Å². The van der Waals surface area contributed by atoms with Crippen molar-refractivity contribution in [3.8, 4) is 0 Å². The number of hydrogen-bond donors (Lipinski definition) is 0. The molecule has 1 aromatic heterocycles. The van der Waals surface area contributed by atoms with E-state index in [9.17, 15) is 14.4 Å². The van der Waals surface area contributed by atoms with Crippen LogP contribution in [0.15, 0.2) is 36.4 Å². The average Bonchev–Trinajstić information content (AvgIpc) is 3.13. The van der Waals surface area contributed by atoms with Crippen LogP contribution in [0.3, 0.4) is 0 Å². The highest BCUT2D eigenvalue weighted by Gasteiger charge is 2.41. The minimum absolute atomic E-state index is 0.262. The van der Waals surface area contributed by atoms with E-state index in [2.05, 4.69) is 0 Å². The topological polar surface area (TPSA) is 57.7 Å². The zero-order chi connectivity index (χ0) is 18.1. The summed E-state index contributed by atoms with van der Waals surface area (Å²) in [5.41, 5.74) is 0.695. The molecule has 25 heavy (non-hydrogen) atoms. The van der Waals surface area contributed by atoms with Crippen LogP contribution in [0, 0.1) is 0 Å². The molecule has 0 aliphatic carbocycles. The highest BCUT2D eigenvalue weighted by Crippen LogP contribution is 2.26. The van der Waals surface area contributed by atoms with Gasteiger partial charge in [0.05, 0.1) is 22.0 Å². The van der Waals surface area contributed by atoms with Crippen molar-refractivity contribution >= 4 is 40.7 Å². The lowest BCUT2D eigenvalue weighted by molar-refractivity contribution is -0.135. The number of hydrogen-bond acceptors (Lipinski definition) is 4. The first-order valence-electron chi connectivity index (χ1n) is 7.94. The highest BCUT2D eigenvalue weighted by atomic mass is 35.5. The Bertz CT molecular complexity index is 813. The number of nitrogens with zero attached hydrogens (tertiary/aromatic N) is 2.